The van der Waals surface area contributed by atoms with E-state index in [0.717, 1.165) is 16.7 Å². The molecule has 0 spiro atoms. The van der Waals surface area contributed by atoms with Crippen LogP contribution in [-0.2, 0) is 16.1 Å². The number of benzene rings is 2. The van der Waals surface area contributed by atoms with E-state index in [1.54, 1.807) is 11.0 Å². The summed E-state index contributed by atoms with van der Waals surface area (Å²) in [5.41, 5.74) is 2.75. The zero-order valence-electron chi connectivity index (χ0n) is 15.6. The van der Waals surface area contributed by atoms with Crippen LogP contribution in [0.5, 0.6) is 5.75 Å². The molecule has 2 bridgehead atoms. The molecule has 2 heterocycles. The van der Waals surface area contributed by atoms with Gasteiger partial charge >= 0.3 is 6.09 Å². The van der Waals surface area contributed by atoms with Crippen molar-refractivity contribution in [3.05, 3.63) is 71.6 Å². The summed E-state index contributed by atoms with van der Waals surface area (Å²) in [5, 5.41) is 0. The van der Waals surface area contributed by atoms with Crippen LogP contribution in [0.2, 0.25) is 0 Å². The smallest absolute Gasteiger partial charge is 0.411 e. The highest BCUT2D eigenvalue weighted by Gasteiger charge is 2.39. The van der Waals surface area contributed by atoms with Crippen LogP contribution in [0.3, 0.4) is 0 Å². The van der Waals surface area contributed by atoms with Crippen LogP contribution in [0.4, 0.5) is 9.18 Å². The molecule has 2 aliphatic heterocycles. The zero-order valence-corrected chi connectivity index (χ0v) is 15.6. The van der Waals surface area contributed by atoms with E-state index in [2.05, 4.69) is 0 Å². The average molecular weight is 383 g/mol. The Balaban J connectivity index is 1.51. The Hall–Kier alpha value is -2.86. The maximum absolute atomic E-state index is 14.1. The van der Waals surface area contributed by atoms with Crippen molar-refractivity contribution >= 4 is 11.7 Å². The fourth-order valence-electron chi connectivity index (χ4n) is 3.75. The van der Waals surface area contributed by atoms with Crippen LogP contribution < -0.4 is 4.74 Å². The minimum Gasteiger partial charge on any atom is -0.494 e. The summed E-state index contributed by atoms with van der Waals surface area (Å²) in [4.78, 5) is 14.5. The molecule has 2 unspecified atom stereocenters. The molecule has 1 amide bonds. The zero-order chi connectivity index (χ0) is 19.5. The molecular weight excluding hydrogens is 361 g/mol. The second-order valence-corrected chi connectivity index (χ2v) is 6.95. The molecule has 1 fully saturated rings. The molecule has 2 aromatic rings. The van der Waals surface area contributed by atoms with Crippen molar-refractivity contribution in [1.29, 1.82) is 0 Å². The predicted octanol–water partition coefficient (Wildman–Crippen LogP) is 4.03. The summed E-state index contributed by atoms with van der Waals surface area (Å²) in [6, 6.07) is 14.2. The topological polar surface area (TPSA) is 48.0 Å². The van der Waals surface area contributed by atoms with Gasteiger partial charge in [-0.3, -0.25) is 4.90 Å². The van der Waals surface area contributed by atoms with Gasteiger partial charge in [-0.05, 0) is 35.3 Å². The normalized spacial score (nSPS) is 21.1. The van der Waals surface area contributed by atoms with Crippen LogP contribution in [0.25, 0.3) is 5.57 Å². The highest BCUT2D eigenvalue weighted by molar-refractivity contribution is 5.74. The largest absolute Gasteiger partial charge is 0.494 e. The molecule has 0 aromatic heterocycles. The number of hydrogen-bond acceptors (Lipinski definition) is 4. The van der Waals surface area contributed by atoms with Crippen molar-refractivity contribution in [1.82, 2.24) is 4.90 Å². The molecule has 2 atom stereocenters. The van der Waals surface area contributed by atoms with Crippen molar-refractivity contribution < 1.29 is 23.4 Å². The maximum Gasteiger partial charge on any atom is 0.411 e. The Morgan fingerprint density at radius 1 is 1.21 bits per heavy atom. The molecule has 0 saturated carbocycles. The van der Waals surface area contributed by atoms with E-state index >= 15 is 0 Å². The van der Waals surface area contributed by atoms with E-state index in [-0.39, 0.29) is 30.5 Å². The van der Waals surface area contributed by atoms with Crippen LogP contribution in [0.1, 0.15) is 17.5 Å². The van der Waals surface area contributed by atoms with Crippen molar-refractivity contribution in [2.24, 2.45) is 0 Å². The van der Waals surface area contributed by atoms with Gasteiger partial charge < -0.3 is 14.2 Å². The summed E-state index contributed by atoms with van der Waals surface area (Å²) < 4.78 is 30.2. The van der Waals surface area contributed by atoms with Crippen LogP contribution in [0, 0.1) is 5.82 Å². The molecule has 146 valence electrons. The monoisotopic (exact) mass is 383 g/mol. The standard InChI is InChI=1S/C22H22FNO4/c1-26-21-8-7-16(11-20(21)23)17-9-18-13-27-14-19(10-17)24(18)22(25)28-12-15-5-3-2-4-6-15/h2-9,11,18-19H,10,12-14H2,1H3. The molecule has 2 aromatic carbocycles. The first-order valence-electron chi connectivity index (χ1n) is 9.27. The number of carbonyl (C=O) groups is 1. The van der Waals surface area contributed by atoms with Crippen LogP contribution in [-0.4, -0.2) is 43.4 Å². The highest BCUT2D eigenvalue weighted by Crippen LogP contribution is 2.34. The Kier molecular flexibility index (Phi) is 5.30. The summed E-state index contributed by atoms with van der Waals surface area (Å²) in [6.45, 7) is 1.07. The lowest BCUT2D eigenvalue weighted by Gasteiger charge is -2.43. The SMILES string of the molecule is COc1ccc(C2=CC3COCC(C2)N3C(=O)OCc2ccccc2)cc1F. The van der Waals surface area contributed by atoms with Gasteiger partial charge in [0.15, 0.2) is 11.6 Å². The second kappa shape index (κ2) is 8.02. The molecule has 4 rings (SSSR count). The van der Waals surface area contributed by atoms with Gasteiger partial charge in [-0.15, -0.1) is 0 Å². The number of methoxy groups -OCH3 is 1. The maximum atomic E-state index is 14.1. The Morgan fingerprint density at radius 2 is 2.04 bits per heavy atom. The molecule has 28 heavy (non-hydrogen) atoms. The number of fused-ring (bicyclic) bond motifs is 2. The van der Waals surface area contributed by atoms with E-state index in [9.17, 15) is 9.18 Å². The fourth-order valence-corrected chi connectivity index (χ4v) is 3.75. The van der Waals surface area contributed by atoms with Crippen molar-refractivity contribution in [3.63, 3.8) is 0 Å². The van der Waals surface area contributed by atoms with Gasteiger partial charge in [-0.25, -0.2) is 9.18 Å². The third-order valence-corrected chi connectivity index (χ3v) is 5.14. The van der Waals surface area contributed by atoms with Gasteiger partial charge in [-0.1, -0.05) is 42.5 Å². The van der Waals surface area contributed by atoms with E-state index in [0.29, 0.717) is 19.6 Å². The third kappa shape index (κ3) is 3.73. The fraction of sp³-hybridized carbons (Fsp3) is 0.318. The average Bonchev–Trinajstić information content (AvgIpc) is 2.71. The summed E-state index contributed by atoms with van der Waals surface area (Å²) in [5.74, 6) is -0.179. The number of hydrogen-bond donors (Lipinski definition) is 0. The molecule has 0 aliphatic carbocycles. The molecule has 5 nitrogen and oxygen atoms in total. The van der Waals surface area contributed by atoms with Crippen molar-refractivity contribution in [2.75, 3.05) is 20.3 Å². The second-order valence-electron chi connectivity index (χ2n) is 6.95. The number of ether oxygens (including phenoxy) is 3. The Bertz CT molecular complexity index is 883. The summed E-state index contributed by atoms with van der Waals surface area (Å²) >= 11 is 0. The Labute approximate surface area is 163 Å². The minimum absolute atomic E-state index is 0.132. The summed E-state index contributed by atoms with van der Waals surface area (Å²) in [7, 11) is 1.44. The lowest BCUT2D eigenvalue weighted by Crippen LogP contribution is -2.56. The molecular formula is C22H22FNO4. The number of amides is 1. The van der Waals surface area contributed by atoms with E-state index in [1.807, 2.05) is 42.5 Å². The van der Waals surface area contributed by atoms with Gasteiger partial charge in [0.25, 0.3) is 0 Å². The lowest BCUT2D eigenvalue weighted by molar-refractivity contribution is -0.0342. The number of morpholine rings is 1. The first-order chi connectivity index (χ1) is 13.7. The van der Waals surface area contributed by atoms with Crippen molar-refractivity contribution in [2.45, 2.75) is 25.1 Å². The molecule has 0 N–H and O–H groups in total. The molecule has 6 heteroatoms. The van der Waals surface area contributed by atoms with Gasteiger partial charge in [0, 0.05) is 0 Å². The van der Waals surface area contributed by atoms with E-state index in [1.165, 1.54) is 13.2 Å². The molecule has 1 saturated heterocycles. The number of rotatable bonds is 4. The molecule has 0 radical (unpaired) electrons. The van der Waals surface area contributed by atoms with Crippen LogP contribution in [0.15, 0.2) is 54.6 Å². The van der Waals surface area contributed by atoms with Gasteiger partial charge in [0.2, 0.25) is 0 Å². The first kappa shape index (κ1) is 18.5. The highest BCUT2D eigenvalue weighted by atomic mass is 19.1. The van der Waals surface area contributed by atoms with Gasteiger partial charge in [0.05, 0.1) is 32.4 Å². The summed E-state index contributed by atoms with van der Waals surface area (Å²) in [6.07, 6.45) is 2.21. The first-order valence-corrected chi connectivity index (χ1v) is 9.27. The number of carbonyl (C=O) groups excluding carboxylic acids is 1. The van der Waals surface area contributed by atoms with Gasteiger partial charge in [-0.2, -0.15) is 0 Å². The van der Waals surface area contributed by atoms with E-state index < -0.39 is 5.82 Å². The molecule has 2 aliphatic rings. The third-order valence-electron chi connectivity index (χ3n) is 5.14. The minimum atomic E-state index is -0.396. The van der Waals surface area contributed by atoms with E-state index in [4.69, 9.17) is 14.2 Å². The lowest BCUT2D eigenvalue weighted by atomic mass is 9.90. The quantitative estimate of drug-likeness (QED) is 0.800. The number of halogens is 1. The Morgan fingerprint density at radius 3 is 2.75 bits per heavy atom. The number of nitrogens with zero attached hydrogens (tertiary/aromatic N) is 1. The van der Waals surface area contributed by atoms with Gasteiger partial charge in [0.1, 0.15) is 6.61 Å². The van der Waals surface area contributed by atoms with Crippen LogP contribution >= 0.6 is 0 Å². The van der Waals surface area contributed by atoms with Crippen molar-refractivity contribution in [3.8, 4) is 5.75 Å². The predicted molar refractivity (Wildman–Crippen MR) is 102 cm³/mol.